The summed E-state index contributed by atoms with van der Waals surface area (Å²) in [6, 6.07) is 8.22. The molecule has 1 aliphatic heterocycles. The number of nitrogens with one attached hydrogen (secondary N) is 1. The van der Waals surface area contributed by atoms with Crippen LogP contribution in [-0.4, -0.2) is 56.8 Å². The lowest BCUT2D eigenvalue weighted by Crippen LogP contribution is -2.48. The number of fused-ring (bicyclic) bond motifs is 1. The first-order valence-electron chi connectivity index (χ1n) is 11.5. The van der Waals surface area contributed by atoms with Gasteiger partial charge < -0.3 is 20.1 Å². The van der Waals surface area contributed by atoms with Crippen molar-refractivity contribution in [2.75, 3.05) is 23.7 Å². The number of carbonyl (C=O) groups is 2. The molecule has 10 heteroatoms. The summed E-state index contributed by atoms with van der Waals surface area (Å²) >= 11 is 1.33. The van der Waals surface area contributed by atoms with Crippen LogP contribution in [0.5, 0.6) is 0 Å². The lowest BCUT2D eigenvalue weighted by Gasteiger charge is -2.43. The smallest absolute Gasteiger partial charge is 0.408 e. The van der Waals surface area contributed by atoms with Crippen LogP contribution in [0.3, 0.4) is 0 Å². The van der Waals surface area contributed by atoms with Gasteiger partial charge in [0.05, 0.1) is 18.7 Å². The molecule has 1 aromatic heterocycles. The van der Waals surface area contributed by atoms with Gasteiger partial charge in [-0.25, -0.2) is 9.78 Å². The van der Waals surface area contributed by atoms with E-state index in [4.69, 9.17) is 9.84 Å². The summed E-state index contributed by atoms with van der Waals surface area (Å²) in [6.45, 7) is 7.12. The van der Waals surface area contributed by atoms with E-state index < -0.39 is 11.6 Å². The number of hydrogen-bond donors (Lipinski definition) is 2. The van der Waals surface area contributed by atoms with Crippen LogP contribution < -0.4 is 10.2 Å². The van der Waals surface area contributed by atoms with Crippen molar-refractivity contribution < 1.29 is 19.4 Å². The number of benzene rings is 1. The van der Waals surface area contributed by atoms with Crippen molar-refractivity contribution in [1.29, 1.82) is 0 Å². The molecule has 1 fully saturated rings. The van der Waals surface area contributed by atoms with Gasteiger partial charge in [0.2, 0.25) is 5.95 Å². The number of amides is 1. The molecule has 1 spiro atoms. The fourth-order valence-electron chi connectivity index (χ4n) is 4.77. The Hall–Kier alpha value is -2.88. The zero-order chi connectivity index (χ0) is 24.3. The maximum Gasteiger partial charge on any atom is 0.408 e. The van der Waals surface area contributed by atoms with Gasteiger partial charge in [-0.2, -0.15) is 0 Å². The van der Waals surface area contributed by atoms with Crippen LogP contribution in [0.2, 0.25) is 0 Å². The maximum atomic E-state index is 12.7. The SMILES string of the molecule is CC(C)(C)OC(=O)N[C@@H]1c2ccccc2CC12CCN(c1ncc(SCCC(=O)O)nn1)CC2. The molecule has 1 aliphatic carbocycles. The predicted octanol–water partition coefficient (Wildman–Crippen LogP) is 3.85. The average molecular weight is 486 g/mol. The van der Waals surface area contributed by atoms with E-state index in [1.807, 2.05) is 32.9 Å². The molecule has 4 rings (SSSR count). The Labute approximate surface area is 203 Å². The van der Waals surface area contributed by atoms with Crippen LogP contribution in [0, 0.1) is 5.41 Å². The van der Waals surface area contributed by atoms with Crippen molar-refractivity contribution in [3.63, 3.8) is 0 Å². The predicted molar refractivity (Wildman–Crippen MR) is 129 cm³/mol. The molecule has 1 saturated heterocycles. The van der Waals surface area contributed by atoms with Crippen molar-refractivity contribution >= 4 is 29.8 Å². The zero-order valence-corrected chi connectivity index (χ0v) is 20.6. The molecule has 1 amide bonds. The first-order chi connectivity index (χ1) is 16.2. The largest absolute Gasteiger partial charge is 0.481 e. The summed E-state index contributed by atoms with van der Waals surface area (Å²) in [5.41, 5.74) is 1.80. The number of piperidine rings is 1. The van der Waals surface area contributed by atoms with E-state index in [2.05, 4.69) is 37.5 Å². The minimum absolute atomic E-state index is 0.0726. The lowest BCUT2D eigenvalue weighted by molar-refractivity contribution is -0.136. The Bertz CT molecular complexity index is 1030. The van der Waals surface area contributed by atoms with Gasteiger partial charge in [0, 0.05) is 24.3 Å². The van der Waals surface area contributed by atoms with Crippen LogP contribution in [0.1, 0.15) is 57.2 Å². The van der Waals surface area contributed by atoms with Crippen molar-refractivity contribution in [1.82, 2.24) is 20.5 Å². The number of thioether (sulfide) groups is 1. The Morgan fingerprint density at radius 3 is 2.62 bits per heavy atom. The van der Waals surface area contributed by atoms with E-state index >= 15 is 0 Å². The highest BCUT2D eigenvalue weighted by atomic mass is 32.2. The summed E-state index contributed by atoms with van der Waals surface area (Å²) in [5, 5.41) is 21.0. The Morgan fingerprint density at radius 2 is 1.97 bits per heavy atom. The van der Waals surface area contributed by atoms with Gasteiger partial charge in [-0.1, -0.05) is 24.3 Å². The molecule has 0 saturated carbocycles. The van der Waals surface area contributed by atoms with Crippen molar-refractivity contribution in [3.8, 4) is 0 Å². The number of carboxylic acid groups (broad SMARTS) is 1. The molecule has 2 N–H and O–H groups in total. The van der Waals surface area contributed by atoms with Gasteiger partial charge in [0.25, 0.3) is 0 Å². The molecule has 2 aliphatic rings. The zero-order valence-electron chi connectivity index (χ0n) is 19.8. The Morgan fingerprint density at radius 1 is 1.24 bits per heavy atom. The number of nitrogens with zero attached hydrogens (tertiary/aromatic N) is 4. The highest BCUT2D eigenvalue weighted by Crippen LogP contribution is 2.52. The molecule has 9 nitrogen and oxygen atoms in total. The number of hydrogen-bond acceptors (Lipinski definition) is 8. The lowest BCUT2D eigenvalue weighted by atomic mass is 9.73. The van der Waals surface area contributed by atoms with Gasteiger partial charge in [-0.3, -0.25) is 4.79 Å². The maximum absolute atomic E-state index is 12.7. The number of alkyl carbamates (subject to hydrolysis) is 1. The van der Waals surface area contributed by atoms with Crippen LogP contribution in [0.15, 0.2) is 35.5 Å². The number of carbonyl (C=O) groups excluding carboxylic acids is 1. The molecule has 2 aromatic rings. The highest BCUT2D eigenvalue weighted by Gasteiger charge is 2.48. The minimum atomic E-state index is -0.833. The van der Waals surface area contributed by atoms with E-state index in [9.17, 15) is 9.59 Å². The normalized spacial score (nSPS) is 19.0. The number of ether oxygens (including phenoxy) is 1. The summed E-state index contributed by atoms with van der Waals surface area (Å²) < 4.78 is 5.57. The van der Waals surface area contributed by atoms with E-state index in [1.165, 1.54) is 22.9 Å². The molecular formula is C24H31N5O4S. The van der Waals surface area contributed by atoms with E-state index in [0.717, 1.165) is 32.4 Å². The molecule has 1 atom stereocenters. The molecule has 2 heterocycles. The second-order valence-corrected chi connectivity index (χ2v) is 11.0. The molecule has 182 valence electrons. The van der Waals surface area contributed by atoms with Crippen molar-refractivity contribution in [2.45, 2.75) is 63.1 Å². The standard InChI is InChI=1S/C24H31N5O4S/c1-23(2,3)33-22(32)26-20-17-7-5-4-6-16(17)14-24(20)9-11-29(12-10-24)21-25-15-18(27-28-21)34-13-8-19(30)31/h4-7,15,20H,8-14H2,1-3H3,(H,26,32)(H,30,31)/t20-/m1/s1. The second-order valence-electron chi connectivity index (χ2n) is 9.89. The van der Waals surface area contributed by atoms with Crippen LogP contribution in [-0.2, 0) is 16.0 Å². The molecule has 1 aromatic carbocycles. The number of aromatic nitrogens is 3. The van der Waals surface area contributed by atoms with Gasteiger partial charge >= 0.3 is 12.1 Å². The van der Waals surface area contributed by atoms with Gasteiger partial charge in [-0.15, -0.1) is 22.0 Å². The van der Waals surface area contributed by atoms with E-state index in [-0.39, 0.29) is 24.0 Å². The van der Waals surface area contributed by atoms with Gasteiger partial charge in [-0.05, 0) is 51.2 Å². The van der Waals surface area contributed by atoms with Crippen molar-refractivity contribution in [3.05, 3.63) is 41.6 Å². The molecule has 0 radical (unpaired) electrons. The first kappa shape index (κ1) is 24.3. The van der Waals surface area contributed by atoms with Crippen LogP contribution >= 0.6 is 11.8 Å². The number of rotatable bonds is 6. The third kappa shape index (κ3) is 5.60. The monoisotopic (exact) mass is 485 g/mol. The second kappa shape index (κ2) is 9.77. The van der Waals surface area contributed by atoms with Crippen LogP contribution in [0.25, 0.3) is 0 Å². The van der Waals surface area contributed by atoms with E-state index in [0.29, 0.717) is 16.7 Å². The first-order valence-corrected chi connectivity index (χ1v) is 12.5. The highest BCUT2D eigenvalue weighted by molar-refractivity contribution is 7.99. The third-order valence-corrected chi connectivity index (χ3v) is 7.21. The summed E-state index contributed by atoms with van der Waals surface area (Å²) in [4.78, 5) is 29.9. The Balaban J connectivity index is 1.43. The number of aliphatic carboxylic acids is 1. The van der Waals surface area contributed by atoms with Gasteiger partial charge in [0.1, 0.15) is 10.6 Å². The fraction of sp³-hybridized carbons (Fsp3) is 0.542. The van der Waals surface area contributed by atoms with Crippen molar-refractivity contribution in [2.24, 2.45) is 5.41 Å². The third-order valence-electron chi connectivity index (χ3n) is 6.32. The van der Waals surface area contributed by atoms with E-state index in [1.54, 1.807) is 6.20 Å². The number of carboxylic acids is 1. The molecular weight excluding hydrogens is 454 g/mol. The molecule has 34 heavy (non-hydrogen) atoms. The quantitative estimate of drug-likeness (QED) is 0.588. The van der Waals surface area contributed by atoms with Gasteiger partial charge in [0.15, 0.2) is 0 Å². The molecule has 0 bridgehead atoms. The Kier molecular flexibility index (Phi) is 6.97. The summed E-state index contributed by atoms with van der Waals surface area (Å²) in [7, 11) is 0. The average Bonchev–Trinajstić information content (AvgIpc) is 3.06. The van der Waals surface area contributed by atoms with Crippen LogP contribution in [0.4, 0.5) is 10.7 Å². The fourth-order valence-corrected chi connectivity index (χ4v) is 5.49. The molecule has 0 unspecified atom stereocenters. The topological polar surface area (TPSA) is 118 Å². The summed E-state index contributed by atoms with van der Waals surface area (Å²) in [6.07, 6.45) is 4.00. The summed E-state index contributed by atoms with van der Waals surface area (Å²) in [5.74, 6) is 0.176. The minimum Gasteiger partial charge on any atom is -0.481 e. The number of anilines is 1.